The molecular weight excluding hydrogens is 428 g/mol. The van der Waals surface area contributed by atoms with Gasteiger partial charge in [-0.2, -0.15) is 0 Å². The molecule has 1 saturated carbocycles. The highest BCUT2D eigenvalue weighted by molar-refractivity contribution is 6.16. The van der Waals surface area contributed by atoms with Gasteiger partial charge in [0, 0.05) is 18.2 Å². The first-order chi connectivity index (χ1) is 16.5. The van der Waals surface area contributed by atoms with Gasteiger partial charge in [-0.3, -0.25) is 10.2 Å². The molecule has 1 aliphatic carbocycles. The summed E-state index contributed by atoms with van der Waals surface area (Å²) >= 11 is 0. The van der Waals surface area contributed by atoms with E-state index in [1.54, 1.807) is 11.0 Å². The van der Waals surface area contributed by atoms with E-state index in [0.29, 0.717) is 40.9 Å². The summed E-state index contributed by atoms with van der Waals surface area (Å²) in [5.74, 6) is 4.32. The third-order valence-corrected chi connectivity index (χ3v) is 6.42. The van der Waals surface area contributed by atoms with Crippen molar-refractivity contribution < 1.29 is 9.53 Å². The van der Waals surface area contributed by atoms with Gasteiger partial charge < -0.3 is 20.7 Å². The van der Waals surface area contributed by atoms with E-state index in [1.807, 2.05) is 48.5 Å². The highest BCUT2D eigenvalue weighted by atomic mass is 16.5. The van der Waals surface area contributed by atoms with Crippen LogP contribution in [0.4, 0.5) is 11.6 Å². The SMILES string of the molecule is C#CC(=O)N1CC2CC(Nc3ncnc(N)c3C(=N)c3cccc(Oc4ccccc4)c3)C1C2. The van der Waals surface area contributed by atoms with Gasteiger partial charge in [0.1, 0.15) is 29.5 Å². The van der Waals surface area contributed by atoms with Crippen molar-refractivity contribution in [1.82, 2.24) is 14.9 Å². The molecule has 34 heavy (non-hydrogen) atoms. The van der Waals surface area contributed by atoms with Crippen molar-refractivity contribution >= 4 is 23.3 Å². The summed E-state index contributed by atoms with van der Waals surface area (Å²) in [4.78, 5) is 22.4. The third-order valence-electron chi connectivity index (χ3n) is 6.42. The van der Waals surface area contributed by atoms with E-state index in [4.69, 9.17) is 22.3 Å². The number of anilines is 2. The number of likely N-dealkylation sites (tertiary alicyclic amines) is 1. The average molecular weight is 453 g/mol. The number of nitrogens with zero attached hydrogens (tertiary/aromatic N) is 3. The molecule has 2 fully saturated rings. The molecule has 1 aromatic heterocycles. The minimum absolute atomic E-state index is 0.00521. The van der Waals surface area contributed by atoms with Crippen LogP contribution in [0.1, 0.15) is 24.0 Å². The molecule has 3 aromatic rings. The minimum Gasteiger partial charge on any atom is -0.457 e. The number of fused-ring (bicyclic) bond motifs is 2. The van der Waals surface area contributed by atoms with E-state index in [1.165, 1.54) is 6.33 Å². The zero-order valence-corrected chi connectivity index (χ0v) is 18.4. The molecule has 8 heteroatoms. The van der Waals surface area contributed by atoms with Crippen LogP contribution in [0.25, 0.3) is 0 Å². The van der Waals surface area contributed by atoms with Crippen molar-refractivity contribution in [3.8, 4) is 23.8 Å². The monoisotopic (exact) mass is 452 g/mol. The summed E-state index contributed by atoms with van der Waals surface area (Å²) < 4.78 is 5.92. The van der Waals surface area contributed by atoms with E-state index in [9.17, 15) is 4.79 Å². The second-order valence-corrected chi connectivity index (χ2v) is 8.56. The zero-order chi connectivity index (χ0) is 23.7. The quantitative estimate of drug-likeness (QED) is 0.390. The van der Waals surface area contributed by atoms with E-state index < -0.39 is 0 Å². The molecule has 2 heterocycles. The maximum absolute atomic E-state index is 12.1. The lowest BCUT2D eigenvalue weighted by Crippen LogP contribution is -2.47. The molecule has 1 saturated heterocycles. The minimum atomic E-state index is -0.288. The van der Waals surface area contributed by atoms with Crippen molar-refractivity contribution in [1.29, 1.82) is 5.41 Å². The Balaban J connectivity index is 1.40. The number of hydrogen-bond donors (Lipinski definition) is 3. The summed E-state index contributed by atoms with van der Waals surface area (Å²) in [6.45, 7) is 0.689. The number of para-hydroxylation sites is 1. The number of ether oxygens (including phenoxy) is 1. The molecule has 8 nitrogen and oxygen atoms in total. The van der Waals surface area contributed by atoms with Crippen LogP contribution in [-0.4, -0.2) is 45.1 Å². The van der Waals surface area contributed by atoms with Crippen molar-refractivity contribution in [3.63, 3.8) is 0 Å². The Morgan fingerprint density at radius 3 is 2.71 bits per heavy atom. The smallest absolute Gasteiger partial charge is 0.298 e. The number of hydrogen-bond acceptors (Lipinski definition) is 7. The molecule has 1 aliphatic heterocycles. The van der Waals surface area contributed by atoms with Crippen molar-refractivity contribution in [2.75, 3.05) is 17.6 Å². The Morgan fingerprint density at radius 1 is 1.15 bits per heavy atom. The first kappa shape index (κ1) is 21.5. The van der Waals surface area contributed by atoms with Gasteiger partial charge in [0.15, 0.2) is 0 Å². The van der Waals surface area contributed by atoms with Crippen LogP contribution in [-0.2, 0) is 4.79 Å². The van der Waals surface area contributed by atoms with E-state index in [2.05, 4.69) is 21.2 Å². The molecule has 4 N–H and O–H groups in total. The number of benzene rings is 2. The summed E-state index contributed by atoms with van der Waals surface area (Å²) in [6.07, 6.45) is 8.53. The van der Waals surface area contributed by atoms with Gasteiger partial charge in [-0.1, -0.05) is 30.3 Å². The number of nitrogens with two attached hydrogens (primary N) is 1. The highest BCUT2D eigenvalue weighted by Crippen LogP contribution is 2.39. The number of rotatable bonds is 6. The van der Waals surface area contributed by atoms with Crippen molar-refractivity contribution in [2.45, 2.75) is 24.9 Å². The molecule has 2 bridgehead atoms. The first-order valence-electron chi connectivity index (χ1n) is 11.1. The molecule has 0 spiro atoms. The summed E-state index contributed by atoms with van der Waals surface area (Å²) in [6, 6.07) is 16.7. The normalized spacial score (nSPS) is 20.6. The summed E-state index contributed by atoms with van der Waals surface area (Å²) in [5.41, 5.74) is 7.43. The second-order valence-electron chi connectivity index (χ2n) is 8.56. The molecule has 3 atom stereocenters. The first-order valence-corrected chi connectivity index (χ1v) is 11.1. The number of carbonyl (C=O) groups is 1. The number of nitrogen functional groups attached to an aromatic ring is 1. The molecular formula is C26H24N6O2. The van der Waals surface area contributed by atoms with Crippen molar-refractivity contribution in [2.24, 2.45) is 5.92 Å². The van der Waals surface area contributed by atoms with Gasteiger partial charge in [0.2, 0.25) is 0 Å². The summed E-state index contributed by atoms with van der Waals surface area (Å²) in [5, 5.41) is 12.3. The molecule has 2 aromatic carbocycles. The summed E-state index contributed by atoms with van der Waals surface area (Å²) in [7, 11) is 0. The molecule has 3 unspecified atom stereocenters. The number of nitrogens with one attached hydrogen (secondary N) is 2. The Bertz CT molecular complexity index is 1290. The van der Waals surface area contributed by atoms with Gasteiger partial charge >= 0.3 is 0 Å². The number of amides is 1. The van der Waals surface area contributed by atoms with Crippen LogP contribution in [0.3, 0.4) is 0 Å². The largest absolute Gasteiger partial charge is 0.457 e. The topological polar surface area (TPSA) is 117 Å². The standard InChI is InChI=1S/C26H24N6O2/c1-2-22(33)32-14-16-11-20(21(32)12-16)31-26-23(25(28)29-15-30-26)24(27)17-7-6-10-19(13-17)34-18-8-4-3-5-9-18/h1,3-10,13,15-16,20-21,27H,11-12,14H2,(H3,28,29,30,31). The molecule has 5 rings (SSSR count). The molecule has 2 aliphatic rings. The fraction of sp³-hybridized carbons (Fsp3) is 0.231. The number of aromatic nitrogens is 2. The van der Waals surface area contributed by atoms with Crippen LogP contribution < -0.4 is 15.8 Å². The third kappa shape index (κ3) is 4.04. The second kappa shape index (κ2) is 8.87. The lowest BCUT2D eigenvalue weighted by Gasteiger charge is -2.33. The van der Waals surface area contributed by atoms with Crippen molar-refractivity contribution in [3.05, 3.63) is 72.1 Å². The van der Waals surface area contributed by atoms with E-state index in [-0.39, 0.29) is 29.5 Å². The molecule has 170 valence electrons. The Hall–Kier alpha value is -4.38. The fourth-order valence-corrected chi connectivity index (χ4v) is 4.91. The number of terminal acetylenes is 1. The highest BCUT2D eigenvalue weighted by Gasteiger charge is 2.47. The van der Waals surface area contributed by atoms with Gasteiger partial charge in [-0.15, -0.1) is 6.42 Å². The van der Waals surface area contributed by atoms with Crippen LogP contribution in [0.2, 0.25) is 0 Å². The average Bonchev–Trinajstić information content (AvgIpc) is 3.45. The predicted octanol–water partition coefficient (Wildman–Crippen LogP) is 3.30. The maximum Gasteiger partial charge on any atom is 0.298 e. The van der Waals surface area contributed by atoms with Crippen LogP contribution in [0, 0.1) is 23.7 Å². The maximum atomic E-state index is 12.1. The van der Waals surface area contributed by atoms with Gasteiger partial charge in [0.25, 0.3) is 5.91 Å². The van der Waals surface area contributed by atoms with Crippen LogP contribution >= 0.6 is 0 Å². The van der Waals surface area contributed by atoms with Gasteiger partial charge in [-0.05, 0) is 48.9 Å². The Labute approximate surface area is 197 Å². The van der Waals surface area contributed by atoms with E-state index >= 15 is 0 Å². The number of piperidine rings is 1. The predicted molar refractivity (Wildman–Crippen MR) is 130 cm³/mol. The molecule has 1 amide bonds. The van der Waals surface area contributed by atoms with Gasteiger partial charge in [0.05, 0.1) is 17.3 Å². The Kier molecular flexibility index (Phi) is 5.60. The molecule has 0 radical (unpaired) electrons. The lowest BCUT2D eigenvalue weighted by atomic mass is 10.0. The fourth-order valence-electron chi connectivity index (χ4n) is 4.91. The van der Waals surface area contributed by atoms with Gasteiger partial charge in [-0.25, -0.2) is 9.97 Å². The van der Waals surface area contributed by atoms with E-state index in [0.717, 1.165) is 12.8 Å². The lowest BCUT2D eigenvalue weighted by molar-refractivity contribution is -0.126. The Morgan fingerprint density at radius 2 is 1.94 bits per heavy atom. The zero-order valence-electron chi connectivity index (χ0n) is 18.4. The number of carbonyl (C=O) groups excluding carboxylic acids is 1. The van der Waals surface area contributed by atoms with Crippen LogP contribution in [0.5, 0.6) is 11.5 Å². The van der Waals surface area contributed by atoms with Crippen LogP contribution in [0.15, 0.2) is 60.9 Å².